The summed E-state index contributed by atoms with van der Waals surface area (Å²) in [6.07, 6.45) is 0. The molecule has 1 N–H and O–H groups in total. The molecule has 0 atom stereocenters. The first kappa shape index (κ1) is 19.6. The van der Waals surface area contributed by atoms with Crippen molar-refractivity contribution in [2.75, 3.05) is 12.4 Å². The summed E-state index contributed by atoms with van der Waals surface area (Å²) >= 11 is 5.88. The van der Waals surface area contributed by atoms with Gasteiger partial charge < -0.3 is 14.5 Å². The number of nitrogens with one attached hydrogen (secondary N) is 1. The van der Waals surface area contributed by atoms with Crippen LogP contribution in [0, 0.1) is 6.92 Å². The number of carbonyl (C=O) groups is 1. The van der Waals surface area contributed by atoms with Crippen LogP contribution >= 0.6 is 11.6 Å². The van der Waals surface area contributed by atoms with Crippen molar-refractivity contribution < 1.29 is 13.9 Å². The molecular formula is C21H22ClNO3. The van der Waals surface area contributed by atoms with Gasteiger partial charge in [0.15, 0.2) is 5.76 Å². The van der Waals surface area contributed by atoms with Crippen LogP contribution in [0.1, 0.15) is 30.0 Å². The van der Waals surface area contributed by atoms with E-state index in [2.05, 4.69) is 5.32 Å². The SMILES string of the molecule is CC.COc1cc(C)cc(NC(=O)c2ccc(-c3ccc(Cl)cc3)o2)c1. The van der Waals surface area contributed by atoms with Crippen molar-refractivity contribution in [1.29, 1.82) is 0 Å². The van der Waals surface area contributed by atoms with E-state index in [4.69, 9.17) is 20.8 Å². The molecule has 0 radical (unpaired) electrons. The molecule has 5 heteroatoms. The lowest BCUT2D eigenvalue weighted by Gasteiger charge is -2.07. The monoisotopic (exact) mass is 371 g/mol. The zero-order valence-corrected chi connectivity index (χ0v) is 16.1. The van der Waals surface area contributed by atoms with E-state index in [9.17, 15) is 4.79 Å². The first-order chi connectivity index (χ1) is 12.5. The van der Waals surface area contributed by atoms with E-state index in [0.29, 0.717) is 22.2 Å². The highest BCUT2D eigenvalue weighted by Crippen LogP contribution is 2.25. The molecule has 3 aromatic rings. The fourth-order valence-electron chi connectivity index (χ4n) is 2.36. The number of anilines is 1. The smallest absolute Gasteiger partial charge is 0.291 e. The molecule has 0 fully saturated rings. The minimum Gasteiger partial charge on any atom is -0.497 e. The Labute approximate surface area is 158 Å². The summed E-state index contributed by atoms with van der Waals surface area (Å²) in [7, 11) is 1.59. The highest BCUT2D eigenvalue weighted by molar-refractivity contribution is 6.30. The summed E-state index contributed by atoms with van der Waals surface area (Å²) in [5.74, 6) is 1.22. The van der Waals surface area contributed by atoms with Gasteiger partial charge in [-0.25, -0.2) is 0 Å². The molecular weight excluding hydrogens is 350 g/mol. The maximum Gasteiger partial charge on any atom is 0.291 e. The number of amides is 1. The summed E-state index contributed by atoms with van der Waals surface area (Å²) in [5.41, 5.74) is 2.50. The van der Waals surface area contributed by atoms with Crippen LogP contribution < -0.4 is 10.1 Å². The number of hydrogen-bond donors (Lipinski definition) is 1. The third kappa shape index (κ3) is 4.90. The number of hydrogen-bond acceptors (Lipinski definition) is 3. The Bertz CT molecular complexity index is 869. The minimum absolute atomic E-state index is 0.237. The molecule has 136 valence electrons. The van der Waals surface area contributed by atoms with Crippen molar-refractivity contribution in [1.82, 2.24) is 0 Å². The van der Waals surface area contributed by atoms with Crippen molar-refractivity contribution in [2.24, 2.45) is 0 Å². The van der Waals surface area contributed by atoms with E-state index >= 15 is 0 Å². The van der Waals surface area contributed by atoms with Crippen molar-refractivity contribution in [3.63, 3.8) is 0 Å². The van der Waals surface area contributed by atoms with Gasteiger partial charge in [-0.05, 0) is 61.0 Å². The normalized spacial score (nSPS) is 9.88. The standard InChI is InChI=1S/C19H16ClNO3.C2H6/c1-12-9-15(11-16(10-12)23-2)21-19(22)18-8-7-17(24-18)13-3-5-14(20)6-4-13;1-2/h3-11H,1-2H3,(H,21,22);1-2H3. The molecule has 4 nitrogen and oxygen atoms in total. The molecule has 0 unspecified atom stereocenters. The van der Waals surface area contributed by atoms with Gasteiger partial charge in [-0.3, -0.25) is 4.79 Å². The van der Waals surface area contributed by atoms with Gasteiger partial charge in [-0.15, -0.1) is 0 Å². The van der Waals surface area contributed by atoms with E-state index in [1.165, 1.54) is 0 Å². The molecule has 0 spiro atoms. The van der Waals surface area contributed by atoms with E-state index in [1.807, 2.05) is 45.0 Å². The molecule has 0 aliphatic rings. The largest absolute Gasteiger partial charge is 0.497 e. The molecule has 2 aromatic carbocycles. The van der Waals surface area contributed by atoms with Gasteiger partial charge in [-0.1, -0.05) is 25.4 Å². The maximum atomic E-state index is 12.4. The average Bonchev–Trinajstić information content (AvgIpc) is 3.14. The number of halogens is 1. The third-order valence-electron chi connectivity index (χ3n) is 3.50. The number of ether oxygens (including phenoxy) is 1. The number of methoxy groups -OCH3 is 1. The number of carbonyl (C=O) groups excluding carboxylic acids is 1. The molecule has 1 heterocycles. The maximum absolute atomic E-state index is 12.4. The fourth-order valence-corrected chi connectivity index (χ4v) is 2.49. The second-order valence-corrected chi connectivity index (χ2v) is 5.80. The Kier molecular flexibility index (Phi) is 6.87. The van der Waals surface area contributed by atoms with Crippen LogP contribution in [0.4, 0.5) is 5.69 Å². The molecule has 0 aliphatic carbocycles. The lowest BCUT2D eigenvalue weighted by atomic mass is 10.2. The number of aryl methyl sites for hydroxylation is 1. The topological polar surface area (TPSA) is 51.5 Å². The molecule has 3 rings (SSSR count). The fraction of sp³-hybridized carbons (Fsp3) is 0.190. The predicted molar refractivity (Wildman–Crippen MR) is 106 cm³/mol. The highest BCUT2D eigenvalue weighted by atomic mass is 35.5. The van der Waals surface area contributed by atoms with Crippen LogP contribution in [0.3, 0.4) is 0 Å². The van der Waals surface area contributed by atoms with Crippen LogP contribution in [0.15, 0.2) is 59.0 Å². The van der Waals surface area contributed by atoms with Gasteiger partial charge in [0.1, 0.15) is 11.5 Å². The van der Waals surface area contributed by atoms with E-state index in [0.717, 1.165) is 11.1 Å². The summed E-state index contributed by atoms with van der Waals surface area (Å²) in [6, 6.07) is 16.2. The van der Waals surface area contributed by atoms with Crippen molar-refractivity contribution in [2.45, 2.75) is 20.8 Å². The Morgan fingerprint density at radius 3 is 2.38 bits per heavy atom. The van der Waals surface area contributed by atoms with E-state index in [1.54, 1.807) is 37.4 Å². The van der Waals surface area contributed by atoms with Crippen molar-refractivity contribution in [3.8, 4) is 17.1 Å². The third-order valence-corrected chi connectivity index (χ3v) is 3.75. The van der Waals surface area contributed by atoms with Crippen LogP contribution in [-0.2, 0) is 0 Å². The Hall–Kier alpha value is -2.72. The van der Waals surface area contributed by atoms with Gasteiger partial charge in [0.2, 0.25) is 0 Å². The van der Waals surface area contributed by atoms with Gasteiger partial charge in [-0.2, -0.15) is 0 Å². The van der Waals surface area contributed by atoms with Crippen molar-refractivity contribution in [3.05, 3.63) is 70.9 Å². The lowest BCUT2D eigenvalue weighted by molar-refractivity contribution is 0.0997. The van der Waals surface area contributed by atoms with Gasteiger partial charge in [0.25, 0.3) is 5.91 Å². The predicted octanol–water partition coefficient (Wildman–Crippen LogP) is 6.20. The zero-order valence-electron chi connectivity index (χ0n) is 15.3. The minimum atomic E-state index is -0.317. The zero-order chi connectivity index (χ0) is 19.1. The molecule has 0 saturated heterocycles. The second kappa shape index (κ2) is 9.11. The molecule has 0 aliphatic heterocycles. The molecule has 26 heavy (non-hydrogen) atoms. The molecule has 0 saturated carbocycles. The Balaban J connectivity index is 0.00000117. The number of benzene rings is 2. The van der Waals surface area contributed by atoms with Crippen LogP contribution in [-0.4, -0.2) is 13.0 Å². The molecule has 1 aromatic heterocycles. The highest BCUT2D eigenvalue weighted by Gasteiger charge is 2.13. The number of rotatable bonds is 4. The lowest BCUT2D eigenvalue weighted by Crippen LogP contribution is -2.11. The summed E-state index contributed by atoms with van der Waals surface area (Å²) in [6.45, 7) is 5.93. The Morgan fingerprint density at radius 1 is 1.04 bits per heavy atom. The van der Waals surface area contributed by atoms with E-state index < -0.39 is 0 Å². The molecule has 1 amide bonds. The van der Waals surface area contributed by atoms with Crippen molar-refractivity contribution >= 4 is 23.2 Å². The first-order valence-electron chi connectivity index (χ1n) is 8.38. The first-order valence-corrected chi connectivity index (χ1v) is 8.76. The van der Waals surface area contributed by atoms with E-state index in [-0.39, 0.29) is 11.7 Å². The van der Waals surface area contributed by atoms with Gasteiger partial charge >= 0.3 is 0 Å². The van der Waals surface area contributed by atoms with Gasteiger partial charge in [0.05, 0.1) is 7.11 Å². The van der Waals surface area contributed by atoms with Crippen LogP contribution in [0.5, 0.6) is 5.75 Å². The number of furan rings is 1. The summed E-state index contributed by atoms with van der Waals surface area (Å²) < 4.78 is 10.9. The van der Waals surface area contributed by atoms with Crippen LogP contribution in [0.2, 0.25) is 5.02 Å². The summed E-state index contributed by atoms with van der Waals surface area (Å²) in [5, 5.41) is 3.46. The quantitative estimate of drug-likeness (QED) is 0.594. The molecule has 0 bridgehead atoms. The van der Waals surface area contributed by atoms with Gasteiger partial charge in [0, 0.05) is 22.3 Å². The Morgan fingerprint density at radius 2 is 1.73 bits per heavy atom. The second-order valence-electron chi connectivity index (χ2n) is 5.36. The van der Waals surface area contributed by atoms with Crippen LogP contribution in [0.25, 0.3) is 11.3 Å². The summed E-state index contributed by atoms with van der Waals surface area (Å²) in [4.78, 5) is 12.4. The average molecular weight is 372 g/mol.